The lowest BCUT2D eigenvalue weighted by Gasteiger charge is -2.35. The highest BCUT2D eigenvalue weighted by atomic mass is 35.5. The maximum absolute atomic E-state index is 13.5. The lowest BCUT2D eigenvalue weighted by atomic mass is 9.90. The summed E-state index contributed by atoms with van der Waals surface area (Å²) in [5.41, 5.74) is 3.51. The van der Waals surface area contributed by atoms with Crippen LogP contribution in [0, 0.1) is 11.7 Å². The second-order valence-electron chi connectivity index (χ2n) is 7.78. The summed E-state index contributed by atoms with van der Waals surface area (Å²) in [4.78, 5) is 4.85. The summed E-state index contributed by atoms with van der Waals surface area (Å²) in [6.07, 6.45) is 5.44. The van der Waals surface area contributed by atoms with Gasteiger partial charge in [-0.3, -0.25) is 4.90 Å². The van der Waals surface area contributed by atoms with Crippen molar-refractivity contribution in [2.45, 2.75) is 19.3 Å². The summed E-state index contributed by atoms with van der Waals surface area (Å²) < 4.78 is 13.5. The van der Waals surface area contributed by atoms with E-state index < -0.39 is 0 Å². The Kier molecular flexibility index (Phi) is 6.18. The highest BCUT2D eigenvalue weighted by molar-refractivity contribution is 6.31. The molecule has 2 aliphatic heterocycles. The zero-order valence-corrected chi connectivity index (χ0v) is 16.8. The number of piperidine rings is 1. The maximum Gasteiger partial charge on any atom is 0.123 e. The highest BCUT2D eigenvalue weighted by Crippen LogP contribution is 2.26. The molecule has 1 N–H and O–H groups in total. The van der Waals surface area contributed by atoms with Gasteiger partial charge in [0.05, 0.1) is 6.67 Å². The van der Waals surface area contributed by atoms with Crippen molar-refractivity contribution in [2.75, 3.05) is 37.7 Å². The monoisotopic (exact) mass is 399 g/mol. The van der Waals surface area contributed by atoms with Crippen LogP contribution >= 0.6 is 11.6 Å². The Balaban J connectivity index is 1.25. The van der Waals surface area contributed by atoms with Crippen molar-refractivity contribution in [2.24, 2.45) is 5.92 Å². The van der Waals surface area contributed by atoms with Gasteiger partial charge in [-0.2, -0.15) is 0 Å². The predicted octanol–water partition coefficient (Wildman–Crippen LogP) is 4.68. The molecule has 2 aliphatic rings. The Bertz CT molecular complexity index is 816. The van der Waals surface area contributed by atoms with Gasteiger partial charge in [-0.05, 0) is 80.2 Å². The molecule has 3 nitrogen and oxygen atoms in total. The lowest BCUT2D eigenvalue weighted by Crippen LogP contribution is -2.43. The smallest absolute Gasteiger partial charge is 0.123 e. The minimum atomic E-state index is -0.198. The van der Waals surface area contributed by atoms with Gasteiger partial charge < -0.3 is 10.2 Å². The Labute approximate surface area is 171 Å². The zero-order valence-electron chi connectivity index (χ0n) is 16.1. The van der Waals surface area contributed by atoms with E-state index in [-0.39, 0.29) is 5.82 Å². The third-order valence-electron chi connectivity index (χ3n) is 5.79. The molecule has 0 bridgehead atoms. The molecule has 0 atom stereocenters. The van der Waals surface area contributed by atoms with Crippen molar-refractivity contribution in [3.8, 4) is 0 Å². The molecule has 5 heteroatoms. The molecule has 0 aromatic heterocycles. The molecule has 28 heavy (non-hydrogen) atoms. The number of nitrogens with zero attached hydrogens (tertiary/aromatic N) is 2. The van der Waals surface area contributed by atoms with E-state index >= 15 is 0 Å². The molecule has 148 valence electrons. The number of rotatable bonds is 5. The number of anilines is 1. The summed E-state index contributed by atoms with van der Waals surface area (Å²) in [5, 5.41) is 4.25. The quantitative estimate of drug-likeness (QED) is 0.787. The van der Waals surface area contributed by atoms with E-state index in [2.05, 4.69) is 45.5 Å². The Morgan fingerprint density at radius 1 is 1.07 bits per heavy atom. The molecular formula is C23H27ClFN3. The van der Waals surface area contributed by atoms with Gasteiger partial charge in [0.1, 0.15) is 5.82 Å². The molecule has 0 aliphatic carbocycles. The van der Waals surface area contributed by atoms with E-state index in [1.807, 2.05) is 6.07 Å². The van der Waals surface area contributed by atoms with E-state index in [1.165, 1.54) is 17.5 Å². The van der Waals surface area contributed by atoms with Crippen LogP contribution in [0.2, 0.25) is 5.02 Å². The zero-order chi connectivity index (χ0) is 19.3. The second kappa shape index (κ2) is 8.97. The maximum atomic E-state index is 13.5. The number of hydrogen-bond donors (Lipinski definition) is 1. The number of benzene rings is 2. The second-order valence-corrected chi connectivity index (χ2v) is 8.19. The van der Waals surface area contributed by atoms with Crippen molar-refractivity contribution in [3.63, 3.8) is 0 Å². The predicted molar refractivity (Wildman–Crippen MR) is 114 cm³/mol. The van der Waals surface area contributed by atoms with Crippen LogP contribution in [0.15, 0.2) is 60.3 Å². The van der Waals surface area contributed by atoms with Crippen molar-refractivity contribution in [1.82, 2.24) is 10.2 Å². The minimum absolute atomic E-state index is 0.198. The van der Waals surface area contributed by atoms with Crippen molar-refractivity contribution in [1.29, 1.82) is 0 Å². The first-order chi connectivity index (χ1) is 13.7. The van der Waals surface area contributed by atoms with Crippen LogP contribution in [0.25, 0.3) is 0 Å². The Hall–Kier alpha value is -2.04. The van der Waals surface area contributed by atoms with Gasteiger partial charge in [0.25, 0.3) is 0 Å². The van der Waals surface area contributed by atoms with Crippen LogP contribution in [0.1, 0.15) is 18.4 Å². The summed E-state index contributed by atoms with van der Waals surface area (Å²) in [7, 11) is 0. The molecule has 4 rings (SSSR count). The number of likely N-dealkylation sites (tertiary alicyclic amines) is 1. The number of hydrogen-bond acceptors (Lipinski definition) is 3. The molecule has 0 radical (unpaired) electrons. The van der Waals surface area contributed by atoms with Crippen molar-refractivity contribution in [3.05, 3.63) is 76.7 Å². The van der Waals surface area contributed by atoms with Crippen molar-refractivity contribution < 1.29 is 4.39 Å². The first-order valence-corrected chi connectivity index (χ1v) is 10.4. The average Bonchev–Trinajstić information content (AvgIpc) is 2.73. The standard InChI is InChI=1S/C23H27ClFN3/c24-23-7-6-20(25)15-19(23)14-18-8-11-27(12-9-18)16-21-10-13-28(17-26-21)22-4-2-1-3-5-22/h1-7,10,15,18,26H,8-9,11-14,16-17H2. The first kappa shape index (κ1) is 19.3. The molecule has 1 saturated heterocycles. The lowest BCUT2D eigenvalue weighted by molar-refractivity contribution is 0.194. The van der Waals surface area contributed by atoms with E-state index in [0.29, 0.717) is 10.9 Å². The van der Waals surface area contributed by atoms with Crippen LogP contribution in [0.5, 0.6) is 0 Å². The largest absolute Gasteiger partial charge is 0.370 e. The molecule has 0 unspecified atom stereocenters. The van der Waals surface area contributed by atoms with Crippen LogP contribution in [0.4, 0.5) is 10.1 Å². The minimum Gasteiger partial charge on any atom is -0.370 e. The summed E-state index contributed by atoms with van der Waals surface area (Å²) in [5.74, 6) is 0.383. The van der Waals surface area contributed by atoms with Gasteiger partial charge in [-0.15, -0.1) is 0 Å². The fourth-order valence-electron chi connectivity index (χ4n) is 4.11. The molecule has 2 aromatic rings. The number of para-hydroxylation sites is 1. The van der Waals surface area contributed by atoms with Gasteiger partial charge in [-0.1, -0.05) is 29.8 Å². The summed E-state index contributed by atoms with van der Waals surface area (Å²) in [6.45, 7) is 4.94. The topological polar surface area (TPSA) is 18.5 Å². The number of halogens is 2. The molecule has 2 aromatic carbocycles. The fraction of sp³-hybridized carbons (Fsp3) is 0.391. The summed E-state index contributed by atoms with van der Waals surface area (Å²) >= 11 is 6.23. The molecule has 0 spiro atoms. The third kappa shape index (κ3) is 4.86. The Morgan fingerprint density at radius 2 is 1.86 bits per heavy atom. The molecule has 2 heterocycles. The molecule has 0 amide bonds. The number of nitrogens with one attached hydrogen (secondary N) is 1. The SMILES string of the molecule is Fc1ccc(Cl)c(CC2CCN(CC3=CCN(c4ccccc4)CN3)CC2)c1. The van der Waals surface area contributed by atoms with E-state index in [1.54, 1.807) is 12.1 Å². The van der Waals surface area contributed by atoms with E-state index in [0.717, 1.165) is 57.7 Å². The van der Waals surface area contributed by atoms with E-state index in [4.69, 9.17) is 11.6 Å². The van der Waals surface area contributed by atoms with Crippen LogP contribution in [0.3, 0.4) is 0 Å². The molecule has 0 saturated carbocycles. The fourth-order valence-corrected chi connectivity index (χ4v) is 4.31. The average molecular weight is 400 g/mol. The highest BCUT2D eigenvalue weighted by Gasteiger charge is 2.22. The van der Waals surface area contributed by atoms with Gasteiger partial charge in [0.2, 0.25) is 0 Å². The Morgan fingerprint density at radius 3 is 2.57 bits per heavy atom. The van der Waals surface area contributed by atoms with Crippen LogP contribution in [-0.4, -0.2) is 37.7 Å². The summed E-state index contributed by atoms with van der Waals surface area (Å²) in [6, 6.07) is 15.2. The normalized spacial score (nSPS) is 18.6. The molecular weight excluding hydrogens is 373 g/mol. The van der Waals surface area contributed by atoms with Crippen LogP contribution < -0.4 is 10.2 Å². The van der Waals surface area contributed by atoms with Gasteiger partial charge >= 0.3 is 0 Å². The molecule has 1 fully saturated rings. The van der Waals surface area contributed by atoms with Gasteiger partial charge in [-0.25, -0.2) is 4.39 Å². The van der Waals surface area contributed by atoms with Crippen molar-refractivity contribution >= 4 is 17.3 Å². The van der Waals surface area contributed by atoms with Gasteiger partial charge in [0, 0.05) is 29.5 Å². The van der Waals surface area contributed by atoms with Gasteiger partial charge in [0.15, 0.2) is 0 Å². The van der Waals surface area contributed by atoms with E-state index in [9.17, 15) is 4.39 Å². The van der Waals surface area contributed by atoms with Crippen LogP contribution in [-0.2, 0) is 6.42 Å². The third-order valence-corrected chi connectivity index (χ3v) is 6.16. The first-order valence-electron chi connectivity index (χ1n) is 10.1.